The van der Waals surface area contributed by atoms with E-state index in [1.165, 1.54) is 4.90 Å². The minimum absolute atomic E-state index is 0.126. The zero-order valence-electron chi connectivity index (χ0n) is 10.4. The van der Waals surface area contributed by atoms with Crippen LogP contribution in [-0.4, -0.2) is 44.5 Å². The van der Waals surface area contributed by atoms with Crippen LogP contribution in [0.15, 0.2) is 29.2 Å². The van der Waals surface area contributed by atoms with Crippen LogP contribution in [0, 0.1) is 0 Å². The molecule has 0 aromatic heterocycles. The lowest BCUT2D eigenvalue weighted by atomic mass is 10.3. The average molecular weight is 254 g/mol. The van der Waals surface area contributed by atoms with Crippen molar-refractivity contribution in [2.45, 2.75) is 4.90 Å². The highest BCUT2D eigenvalue weighted by Gasteiger charge is 2.07. The number of hydrogen-bond donors (Lipinski definition) is 1. The fourth-order valence-corrected chi connectivity index (χ4v) is 1.63. The van der Waals surface area contributed by atoms with Gasteiger partial charge in [0.1, 0.15) is 0 Å². The van der Waals surface area contributed by atoms with Crippen LogP contribution < -0.4 is 5.32 Å². The molecule has 17 heavy (non-hydrogen) atoms. The molecule has 4 nitrogen and oxygen atoms in total. The Kier molecular flexibility index (Phi) is 5.86. The zero-order chi connectivity index (χ0) is 12.7. The summed E-state index contributed by atoms with van der Waals surface area (Å²) in [5.41, 5.74) is 0.803. The molecule has 0 saturated carbocycles. The smallest absolute Gasteiger partial charge is 0.321 e. The van der Waals surface area contributed by atoms with Gasteiger partial charge in [-0.3, -0.25) is 0 Å². The third kappa shape index (κ3) is 4.66. The van der Waals surface area contributed by atoms with Crippen molar-refractivity contribution in [1.29, 1.82) is 0 Å². The molecule has 1 rings (SSSR count). The van der Waals surface area contributed by atoms with Crippen LogP contribution in [0.1, 0.15) is 0 Å². The number of carbonyl (C=O) groups is 1. The summed E-state index contributed by atoms with van der Waals surface area (Å²) in [5, 5.41) is 2.82. The molecule has 1 N–H and O–H groups in total. The van der Waals surface area contributed by atoms with Gasteiger partial charge in [-0.05, 0) is 30.5 Å². The zero-order valence-corrected chi connectivity index (χ0v) is 11.2. The largest absolute Gasteiger partial charge is 0.383 e. The predicted octanol–water partition coefficient (Wildman–Crippen LogP) is 2.52. The Morgan fingerprint density at radius 1 is 1.41 bits per heavy atom. The molecule has 0 unspecified atom stereocenters. The van der Waals surface area contributed by atoms with Gasteiger partial charge in [-0.2, -0.15) is 0 Å². The van der Waals surface area contributed by atoms with Gasteiger partial charge in [0.25, 0.3) is 0 Å². The Morgan fingerprint density at radius 2 is 2.06 bits per heavy atom. The number of methoxy groups -OCH3 is 1. The van der Waals surface area contributed by atoms with Crippen molar-refractivity contribution in [3.8, 4) is 0 Å². The first-order chi connectivity index (χ1) is 8.17. The number of benzene rings is 1. The summed E-state index contributed by atoms with van der Waals surface area (Å²) >= 11 is 1.67. The molecule has 0 radical (unpaired) electrons. The number of likely N-dealkylation sites (N-methyl/N-ethyl adjacent to an activating group) is 1. The molecule has 1 aromatic carbocycles. The maximum absolute atomic E-state index is 11.7. The van der Waals surface area contributed by atoms with Crippen LogP contribution >= 0.6 is 11.8 Å². The number of anilines is 1. The number of ether oxygens (including phenoxy) is 1. The predicted molar refractivity (Wildman–Crippen MR) is 71.7 cm³/mol. The third-order valence-electron chi connectivity index (χ3n) is 2.32. The topological polar surface area (TPSA) is 41.6 Å². The molecule has 0 aliphatic carbocycles. The summed E-state index contributed by atoms with van der Waals surface area (Å²) in [6, 6.07) is 7.63. The second-order valence-electron chi connectivity index (χ2n) is 3.57. The van der Waals surface area contributed by atoms with E-state index in [9.17, 15) is 4.79 Å². The second-order valence-corrected chi connectivity index (χ2v) is 4.45. The lowest BCUT2D eigenvalue weighted by molar-refractivity contribution is 0.165. The van der Waals surface area contributed by atoms with E-state index in [0.717, 1.165) is 5.69 Å². The number of nitrogens with zero attached hydrogens (tertiary/aromatic N) is 1. The summed E-state index contributed by atoms with van der Waals surface area (Å²) in [5.74, 6) is 0. The average Bonchev–Trinajstić information content (AvgIpc) is 2.36. The standard InChI is InChI=1S/C12H18N2O2S/c1-14(8-9-16-2)12(15)13-10-4-6-11(17-3)7-5-10/h4-7H,8-9H2,1-3H3,(H,13,15). The van der Waals surface area contributed by atoms with Gasteiger partial charge in [-0.1, -0.05) is 0 Å². The second kappa shape index (κ2) is 7.19. The van der Waals surface area contributed by atoms with E-state index in [2.05, 4.69) is 5.32 Å². The quantitative estimate of drug-likeness (QED) is 0.821. The van der Waals surface area contributed by atoms with Crippen LogP contribution in [0.5, 0.6) is 0 Å². The number of carbonyl (C=O) groups excluding carboxylic acids is 1. The highest BCUT2D eigenvalue weighted by atomic mass is 32.2. The number of nitrogens with one attached hydrogen (secondary N) is 1. The van der Waals surface area contributed by atoms with Crippen molar-refractivity contribution in [1.82, 2.24) is 4.90 Å². The van der Waals surface area contributed by atoms with Gasteiger partial charge in [0.05, 0.1) is 6.61 Å². The Labute approximate surface area is 106 Å². The lowest BCUT2D eigenvalue weighted by Gasteiger charge is -2.17. The first kappa shape index (κ1) is 13.9. The Hall–Kier alpha value is -1.20. The highest BCUT2D eigenvalue weighted by Crippen LogP contribution is 2.17. The molecule has 0 aliphatic rings. The number of thioether (sulfide) groups is 1. The fraction of sp³-hybridized carbons (Fsp3) is 0.417. The number of rotatable bonds is 5. The lowest BCUT2D eigenvalue weighted by Crippen LogP contribution is -2.33. The van der Waals surface area contributed by atoms with Crippen molar-refractivity contribution in [2.24, 2.45) is 0 Å². The van der Waals surface area contributed by atoms with E-state index < -0.39 is 0 Å². The van der Waals surface area contributed by atoms with E-state index in [4.69, 9.17) is 4.74 Å². The van der Waals surface area contributed by atoms with Crippen LogP contribution in [0.25, 0.3) is 0 Å². The van der Waals surface area contributed by atoms with Gasteiger partial charge in [0, 0.05) is 31.3 Å². The molecule has 0 spiro atoms. The molecular weight excluding hydrogens is 236 g/mol. The van der Waals surface area contributed by atoms with E-state index in [1.54, 1.807) is 30.8 Å². The molecular formula is C12H18N2O2S. The number of amides is 2. The van der Waals surface area contributed by atoms with Crippen LogP contribution in [0.2, 0.25) is 0 Å². The van der Waals surface area contributed by atoms with Gasteiger partial charge < -0.3 is 15.0 Å². The normalized spacial score (nSPS) is 10.1. The van der Waals surface area contributed by atoms with E-state index in [0.29, 0.717) is 13.2 Å². The highest BCUT2D eigenvalue weighted by molar-refractivity contribution is 7.98. The Balaban J connectivity index is 2.49. The monoisotopic (exact) mass is 254 g/mol. The van der Waals surface area contributed by atoms with Gasteiger partial charge in [-0.25, -0.2) is 4.79 Å². The first-order valence-electron chi connectivity index (χ1n) is 5.32. The molecule has 0 fully saturated rings. The van der Waals surface area contributed by atoms with Crippen LogP contribution in [-0.2, 0) is 4.74 Å². The fourth-order valence-electron chi connectivity index (χ4n) is 1.22. The minimum Gasteiger partial charge on any atom is -0.383 e. The van der Waals surface area contributed by atoms with Crippen molar-refractivity contribution >= 4 is 23.5 Å². The van der Waals surface area contributed by atoms with Crippen molar-refractivity contribution in [3.05, 3.63) is 24.3 Å². The summed E-state index contributed by atoms with van der Waals surface area (Å²) in [6.07, 6.45) is 2.02. The first-order valence-corrected chi connectivity index (χ1v) is 6.55. The third-order valence-corrected chi connectivity index (χ3v) is 3.06. The maximum Gasteiger partial charge on any atom is 0.321 e. The van der Waals surface area contributed by atoms with Gasteiger partial charge >= 0.3 is 6.03 Å². The minimum atomic E-state index is -0.126. The molecule has 0 heterocycles. The Morgan fingerprint density at radius 3 is 2.59 bits per heavy atom. The van der Waals surface area contributed by atoms with Crippen LogP contribution in [0.3, 0.4) is 0 Å². The van der Waals surface area contributed by atoms with Crippen molar-refractivity contribution in [3.63, 3.8) is 0 Å². The molecule has 2 amide bonds. The molecule has 94 valence electrons. The van der Waals surface area contributed by atoms with Gasteiger partial charge in [0.2, 0.25) is 0 Å². The number of urea groups is 1. The molecule has 1 aromatic rings. The Bertz CT molecular complexity index is 354. The molecule has 0 bridgehead atoms. The van der Waals surface area contributed by atoms with Gasteiger partial charge in [0.15, 0.2) is 0 Å². The van der Waals surface area contributed by atoms with E-state index in [1.807, 2.05) is 30.5 Å². The summed E-state index contributed by atoms with van der Waals surface area (Å²) in [4.78, 5) is 14.5. The van der Waals surface area contributed by atoms with E-state index >= 15 is 0 Å². The van der Waals surface area contributed by atoms with Crippen LogP contribution in [0.4, 0.5) is 10.5 Å². The molecule has 5 heteroatoms. The number of hydrogen-bond acceptors (Lipinski definition) is 3. The maximum atomic E-state index is 11.7. The van der Waals surface area contributed by atoms with Gasteiger partial charge in [-0.15, -0.1) is 11.8 Å². The van der Waals surface area contributed by atoms with Crippen molar-refractivity contribution < 1.29 is 9.53 Å². The molecule has 0 aliphatic heterocycles. The summed E-state index contributed by atoms with van der Waals surface area (Å²) in [7, 11) is 3.36. The molecule has 0 saturated heterocycles. The summed E-state index contributed by atoms with van der Waals surface area (Å²) in [6.45, 7) is 1.11. The SMILES string of the molecule is COCCN(C)C(=O)Nc1ccc(SC)cc1. The molecule has 0 atom stereocenters. The van der Waals surface area contributed by atoms with Crippen molar-refractivity contribution in [2.75, 3.05) is 38.9 Å². The van der Waals surface area contributed by atoms with E-state index in [-0.39, 0.29) is 6.03 Å². The summed E-state index contributed by atoms with van der Waals surface area (Å²) < 4.78 is 4.92.